The van der Waals surface area contributed by atoms with Gasteiger partial charge in [0.15, 0.2) is 0 Å². The van der Waals surface area contributed by atoms with Crippen molar-refractivity contribution in [2.45, 2.75) is 31.3 Å². The second kappa shape index (κ2) is 3.65. The lowest BCUT2D eigenvalue weighted by Gasteiger charge is -2.21. The van der Waals surface area contributed by atoms with E-state index in [2.05, 4.69) is 4.74 Å². The van der Waals surface area contributed by atoms with Crippen molar-refractivity contribution in [3.05, 3.63) is 0 Å². The molecule has 0 aliphatic carbocycles. The van der Waals surface area contributed by atoms with Gasteiger partial charge < -0.3 is 14.9 Å². The Bertz CT molecular complexity index is 284. The molecule has 78 valence electrons. The quantitative estimate of drug-likeness (QED) is 0.623. The number of esters is 1. The van der Waals surface area contributed by atoms with Crippen molar-refractivity contribution in [1.29, 1.82) is 0 Å². The Kier molecular flexibility index (Phi) is 2.73. The molecule has 0 unspecified atom stereocenters. The fourth-order valence-corrected chi connectivity index (χ4v) is 1.37. The number of hydrogen-bond acceptors (Lipinski definition) is 4. The third-order valence-electron chi connectivity index (χ3n) is 2.17. The molecule has 1 fully saturated rings. The van der Waals surface area contributed by atoms with Gasteiger partial charge in [-0.25, -0.2) is 4.79 Å². The van der Waals surface area contributed by atoms with Crippen LogP contribution in [-0.2, 0) is 19.1 Å². The summed E-state index contributed by atoms with van der Waals surface area (Å²) in [6.07, 6.45) is -0.413. The summed E-state index contributed by atoms with van der Waals surface area (Å²) < 4.78 is 4.66. The highest BCUT2D eigenvalue weighted by Crippen LogP contribution is 2.31. The van der Waals surface area contributed by atoms with Crippen LogP contribution >= 0.6 is 0 Å². The average molecular weight is 202 g/mol. The molecule has 1 saturated heterocycles. The average Bonchev–Trinajstić information content (AvgIpc) is 2.45. The van der Waals surface area contributed by atoms with Crippen molar-refractivity contribution >= 4 is 17.9 Å². The lowest BCUT2D eigenvalue weighted by Crippen LogP contribution is -2.38. The smallest absolute Gasteiger partial charge is 0.348 e. The molecular weight excluding hydrogens is 192 g/mol. The molecule has 6 heteroatoms. The van der Waals surface area contributed by atoms with E-state index in [1.807, 2.05) is 0 Å². The molecule has 6 nitrogen and oxygen atoms in total. The number of carboxylic acid groups (broad SMARTS) is 2. The molecule has 1 rings (SSSR count). The molecule has 1 heterocycles. The van der Waals surface area contributed by atoms with E-state index in [4.69, 9.17) is 10.2 Å². The molecule has 0 bridgehead atoms. The summed E-state index contributed by atoms with van der Waals surface area (Å²) in [5, 5.41) is 17.2. The van der Waals surface area contributed by atoms with Crippen LogP contribution in [0.5, 0.6) is 0 Å². The molecule has 0 radical (unpaired) electrons. The Labute approximate surface area is 79.5 Å². The van der Waals surface area contributed by atoms with E-state index in [1.54, 1.807) is 0 Å². The fraction of sp³-hybridized carbons (Fsp3) is 0.625. The van der Waals surface area contributed by atoms with E-state index < -0.39 is 23.5 Å². The van der Waals surface area contributed by atoms with Crippen molar-refractivity contribution in [2.75, 3.05) is 0 Å². The van der Waals surface area contributed by atoms with E-state index in [1.165, 1.54) is 0 Å². The SMILES string of the molecule is O=C(O)CC[C@]1(C(=O)O)CCC(=O)O1. The van der Waals surface area contributed by atoms with Crippen LogP contribution in [0.1, 0.15) is 25.7 Å². The zero-order valence-corrected chi connectivity index (χ0v) is 7.36. The van der Waals surface area contributed by atoms with Gasteiger partial charge in [0.25, 0.3) is 0 Å². The summed E-state index contributed by atoms with van der Waals surface area (Å²) in [4.78, 5) is 31.9. The molecule has 0 amide bonds. The lowest BCUT2D eigenvalue weighted by molar-refractivity contribution is -0.171. The molecule has 1 atom stereocenters. The maximum Gasteiger partial charge on any atom is 0.348 e. The second-order valence-electron chi connectivity index (χ2n) is 3.17. The standard InChI is InChI=1S/C8H10O6/c9-5(10)1-3-8(7(12)13)4-2-6(11)14-8/h1-4H2,(H,9,10)(H,12,13)/t8-/m1/s1. The maximum absolute atomic E-state index is 10.8. The number of carboxylic acids is 2. The largest absolute Gasteiger partial charge is 0.481 e. The number of carbonyl (C=O) groups excluding carboxylic acids is 1. The molecule has 1 aliphatic rings. The van der Waals surface area contributed by atoms with Gasteiger partial charge in [-0.05, 0) is 0 Å². The summed E-state index contributed by atoms with van der Waals surface area (Å²) in [6.45, 7) is 0. The van der Waals surface area contributed by atoms with E-state index in [0.29, 0.717) is 0 Å². The normalized spacial score (nSPS) is 25.9. The van der Waals surface area contributed by atoms with Crippen LogP contribution < -0.4 is 0 Å². The first-order valence-electron chi connectivity index (χ1n) is 4.13. The topological polar surface area (TPSA) is 101 Å². The van der Waals surface area contributed by atoms with Gasteiger partial charge in [-0.15, -0.1) is 0 Å². The predicted octanol–water partition coefficient (Wildman–Crippen LogP) is 0.0116. The van der Waals surface area contributed by atoms with Gasteiger partial charge in [0.1, 0.15) is 0 Å². The summed E-state index contributed by atoms with van der Waals surface area (Å²) in [7, 11) is 0. The molecule has 0 aromatic heterocycles. The first kappa shape index (κ1) is 10.5. The molecule has 1 aliphatic heterocycles. The predicted molar refractivity (Wildman–Crippen MR) is 42.6 cm³/mol. The Morgan fingerprint density at radius 2 is 2.07 bits per heavy atom. The van der Waals surface area contributed by atoms with E-state index in [-0.39, 0.29) is 25.7 Å². The minimum absolute atomic E-state index is 0.0336. The molecule has 14 heavy (non-hydrogen) atoms. The molecule has 0 aromatic carbocycles. The summed E-state index contributed by atoms with van der Waals surface area (Å²) >= 11 is 0. The monoisotopic (exact) mass is 202 g/mol. The minimum Gasteiger partial charge on any atom is -0.481 e. The van der Waals surface area contributed by atoms with Crippen molar-refractivity contribution in [3.8, 4) is 0 Å². The van der Waals surface area contributed by atoms with Gasteiger partial charge in [0.05, 0.1) is 0 Å². The minimum atomic E-state index is -1.62. The van der Waals surface area contributed by atoms with Gasteiger partial charge in [-0.2, -0.15) is 0 Å². The van der Waals surface area contributed by atoms with Crippen LogP contribution in [0.25, 0.3) is 0 Å². The Morgan fingerprint density at radius 3 is 2.43 bits per heavy atom. The zero-order valence-electron chi connectivity index (χ0n) is 7.36. The van der Waals surface area contributed by atoms with Crippen molar-refractivity contribution in [3.63, 3.8) is 0 Å². The maximum atomic E-state index is 10.8. The van der Waals surface area contributed by atoms with Crippen molar-refractivity contribution in [2.24, 2.45) is 0 Å². The molecule has 0 spiro atoms. The fourth-order valence-electron chi connectivity index (χ4n) is 1.37. The first-order chi connectivity index (χ1) is 6.46. The van der Waals surface area contributed by atoms with Crippen LogP contribution in [0.3, 0.4) is 0 Å². The van der Waals surface area contributed by atoms with Gasteiger partial charge in [-0.1, -0.05) is 0 Å². The number of ether oxygens (including phenoxy) is 1. The van der Waals surface area contributed by atoms with E-state index in [0.717, 1.165) is 0 Å². The third-order valence-corrected chi connectivity index (χ3v) is 2.17. The summed E-state index contributed by atoms with van der Waals surface area (Å²) in [5.74, 6) is -2.96. The Balaban J connectivity index is 2.68. The van der Waals surface area contributed by atoms with Crippen LogP contribution in [0, 0.1) is 0 Å². The van der Waals surface area contributed by atoms with Crippen LogP contribution in [0.4, 0.5) is 0 Å². The zero-order chi connectivity index (χ0) is 10.8. The number of hydrogen-bond donors (Lipinski definition) is 2. The van der Waals surface area contributed by atoms with Crippen molar-refractivity contribution < 1.29 is 29.3 Å². The highest BCUT2D eigenvalue weighted by molar-refractivity contribution is 5.86. The van der Waals surface area contributed by atoms with Gasteiger partial charge in [0, 0.05) is 25.7 Å². The van der Waals surface area contributed by atoms with Crippen LogP contribution in [0.2, 0.25) is 0 Å². The van der Waals surface area contributed by atoms with E-state index >= 15 is 0 Å². The first-order valence-corrected chi connectivity index (χ1v) is 4.13. The number of aliphatic carboxylic acids is 2. The lowest BCUT2D eigenvalue weighted by atomic mass is 9.94. The number of carbonyl (C=O) groups is 3. The summed E-state index contributed by atoms with van der Waals surface area (Å²) in [5.41, 5.74) is -1.62. The molecule has 2 N–H and O–H groups in total. The Hall–Kier alpha value is -1.59. The third kappa shape index (κ3) is 2.01. The van der Waals surface area contributed by atoms with Crippen molar-refractivity contribution in [1.82, 2.24) is 0 Å². The van der Waals surface area contributed by atoms with Gasteiger partial charge in [0.2, 0.25) is 5.60 Å². The van der Waals surface area contributed by atoms with Crippen LogP contribution in [0.15, 0.2) is 0 Å². The van der Waals surface area contributed by atoms with E-state index in [9.17, 15) is 14.4 Å². The molecule has 0 saturated carbocycles. The summed E-state index contributed by atoms with van der Waals surface area (Å²) in [6, 6.07) is 0. The molecule has 0 aromatic rings. The van der Waals surface area contributed by atoms with Gasteiger partial charge in [-0.3, -0.25) is 9.59 Å². The Morgan fingerprint density at radius 1 is 1.43 bits per heavy atom. The second-order valence-corrected chi connectivity index (χ2v) is 3.17. The highest BCUT2D eigenvalue weighted by Gasteiger charge is 2.47. The highest BCUT2D eigenvalue weighted by atomic mass is 16.6. The number of cyclic esters (lactones) is 1. The van der Waals surface area contributed by atoms with Gasteiger partial charge >= 0.3 is 17.9 Å². The molecular formula is C8H10O6. The van der Waals surface area contributed by atoms with Crippen LogP contribution in [-0.4, -0.2) is 33.7 Å². The number of rotatable bonds is 4.